The lowest BCUT2D eigenvalue weighted by molar-refractivity contribution is -0.132. The van der Waals surface area contributed by atoms with Crippen LogP contribution in [0.25, 0.3) is 0 Å². The van der Waals surface area contributed by atoms with Crippen molar-refractivity contribution in [1.82, 2.24) is 15.1 Å². The molecule has 0 spiro atoms. The van der Waals surface area contributed by atoms with E-state index in [-0.39, 0.29) is 11.8 Å². The third kappa shape index (κ3) is 4.49. The first-order chi connectivity index (χ1) is 9.27. The Hall–Kier alpha value is -1.10. The second kappa shape index (κ2) is 7.48. The fourth-order valence-corrected chi connectivity index (χ4v) is 2.77. The minimum atomic E-state index is 0.174. The van der Waals surface area contributed by atoms with Crippen molar-refractivity contribution >= 4 is 11.8 Å². The summed E-state index contributed by atoms with van der Waals surface area (Å²) in [5, 5.41) is 3.10. The van der Waals surface area contributed by atoms with Crippen LogP contribution in [-0.4, -0.2) is 60.9 Å². The maximum Gasteiger partial charge on any atom is 0.236 e. The molecule has 0 aromatic carbocycles. The Morgan fingerprint density at radius 2 is 1.32 bits per heavy atom. The van der Waals surface area contributed by atoms with Crippen molar-refractivity contribution in [3.8, 4) is 0 Å². The first kappa shape index (κ1) is 14.3. The number of nitrogens with zero attached hydrogens (tertiary/aromatic N) is 2. The van der Waals surface area contributed by atoms with Crippen LogP contribution in [0.1, 0.15) is 38.5 Å². The van der Waals surface area contributed by atoms with Gasteiger partial charge in [0.15, 0.2) is 0 Å². The van der Waals surface area contributed by atoms with Crippen molar-refractivity contribution in [1.29, 1.82) is 0 Å². The largest absolute Gasteiger partial charge is 0.343 e. The van der Waals surface area contributed by atoms with E-state index in [2.05, 4.69) is 5.32 Å². The predicted octanol–water partition coefficient (Wildman–Crippen LogP) is 0.601. The van der Waals surface area contributed by atoms with E-state index in [9.17, 15) is 9.59 Å². The van der Waals surface area contributed by atoms with Gasteiger partial charge in [0.05, 0.1) is 6.54 Å². The Labute approximate surface area is 115 Å². The van der Waals surface area contributed by atoms with E-state index in [1.165, 1.54) is 6.42 Å². The van der Waals surface area contributed by atoms with Gasteiger partial charge in [0.2, 0.25) is 11.8 Å². The van der Waals surface area contributed by atoms with Crippen LogP contribution in [0.15, 0.2) is 0 Å². The van der Waals surface area contributed by atoms with Crippen LogP contribution in [0.3, 0.4) is 0 Å². The van der Waals surface area contributed by atoms with Gasteiger partial charge in [-0.2, -0.15) is 0 Å². The van der Waals surface area contributed by atoms with Gasteiger partial charge in [-0.15, -0.1) is 0 Å². The molecule has 2 rings (SSSR count). The average Bonchev–Trinajstić information content (AvgIpc) is 2.98. The van der Waals surface area contributed by atoms with E-state index in [1.54, 1.807) is 0 Å². The van der Waals surface area contributed by atoms with Crippen molar-refractivity contribution in [2.45, 2.75) is 38.5 Å². The Morgan fingerprint density at radius 3 is 1.95 bits per heavy atom. The first-order valence-electron chi connectivity index (χ1n) is 7.53. The van der Waals surface area contributed by atoms with Crippen molar-refractivity contribution in [3.05, 3.63) is 0 Å². The molecular formula is C14H25N3O2. The van der Waals surface area contributed by atoms with Gasteiger partial charge in [0.25, 0.3) is 0 Å². The van der Waals surface area contributed by atoms with Crippen molar-refractivity contribution in [3.63, 3.8) is 0 Å². The highest BCUT2D eigenvalue weighted by molar-refractivity contribution is 5.79. The summed E-state index contributed by atoms with van der Waals surface area (Å²) in [6.07, 6.45) is 6.26. The molecule has 2 aliphatic heterocycles. The maximum atomic E-state index is 11.9. The third-order valence-corrected chi connectivity index (χ3v) is 3.96. The quantitative estimate of drug-likeness (QED) is 0.742. The van der Waals surface area contributed by atoms with Crippen LogP contribution in [0.2, 0.25) is 0 Å². The second-order valence-corrected chi connectivity index (χ2v) is 5.46. The van der Waals surface area contributed by atoms with E-state index >= 15 is 0 Å². The van der Waals surface area contributed by atoms with Crippen molar-refractivity contribution in [2.24, 2.45) is 0 Å². The summed E-state index contributed by atoms with van der Waals surface area (Å²) in [5.41, 5.74) is 0. The summed E-state index contributed by atoms with van der Waals surface area (Å²) in [4.78, 5) is 27.5. The van der Waals surface area contributed by atoms with E-state index in [1.807, 2.05) is 9.80 Å². The smallest absolute Gasteiger partial charge is 0.236 e. The van der Waals surface area contributed by atoms with Gasteiger partial charge in [-0.05, 0) is 32.1 Å². The number of rotatable bonds is 5. The summed E-state index contributed by atoms with van der Waals surface area (Å²) in [6.45, 7) is 4.58. The fourth-order valence-electron chi connectivity index (χ4n) is 2.77. The minimum absolute atomic E-state index is 0.174. The Balaban J connectivity index is 1.55. The molecule has 19 heavy (non-hydrogen) atoms. The van der Waals surface area contributed by atoms with Gasteiger partial charge in [0.1, 0.15) is 0 Å². The lowest BCUT2D eigenvalue weighted by atomic mass is 10.1. The van der Waals surface area contributed by atoms with E-state index in [4.69, 9.17) is 0 Å². The number of carbonyl (C=O) groups excluding carboxylic acids is 2. The van der Waals surface area contributed by atoms with E-state index in [0.29, 0.717) is 19.5 Å². The third-order valence-electron chi connectivity index (χ3n) is 3.96. The molecule has 0 unspecified atom stereocenters. The van der Waals surface area contributed by atoms with Gasteiger partial charge in [-0.1, -0.05) is 0 Å². The number of hydrogen-bond donors (Lipinski definition) is 1. The summed E-state index contributed by atoms with van der Waals surface area (Å²) >= 11 is 0. The SMILES string of the molecule is O=C(CCNCC(=O)N1CCCCC1)N1CCCC1. The average molecular weight is 267 g/mol. The van der Waals surface area contributed by atoms with Crippen molar-refractivity contribution < 1.29 is 9.59 Å². The molecule has 0 aromatic heterocycles. The summed E-state index contributed by atoms with van der Waals surface area (Å²) in [5.74, 6) is 0.392. The zero-order valence-electron chi connectivity index (χ0n) is 11.7. The molecule has 0 bridgehead atoms. The highest BCUT2D eigenvalue weighted by Crippen LogP contribution is 2.09. The Morgan fingerprint density at radius 1 is 0.789 bits per heavy atom. The molecule has 1 N–H and O–H groups in total. The second-order valence-electron chi connectivity index (χ2n) is 5.46. The maximum absolute atomic E-state index is 11.9. The number of carbonyl (C=O) groups is 2. The number of amides is 2. The molecule has 2 heterocycles. The Kier molecular flexibility index (Phi) is 5.63. The summed E-state index contributed by atoms with van der Waals surface area (Å²) in [7, 11) is 0. The molecule has 0 aromatic rings. The van der Waals surface area contributed by atoms with Crippen molar-refractivity contribution in [2.75, 3.05) is 39.3 Å². The van der Waals surface area contributed by atoms with Crippen LogP contribution in [0, 0.1) is 0 Å². The van der Waals surface area contributed by atoms with Crippen LogP contribution < -0.4 is 5.32 Å². The van der Waals surface area contributed by atoms with Gasteiger partial charge in [0, 0.05) is 39.1 Å². The molecule has 2 amide bonds. The van der Waals surface area contributed by atoms with Gasteiger partial charge >= 0.3 is 0 Å². The highest BCUT2D eigenvalue weighted by atomic mass is 16.2. The molecule has 2 saturated heterocycles. The van der Waals surface area contributed by atoms with E-state index < -0.39 is 0 Å². The van der Waals surface area contributed by atoms with Gasteiger partial charge in [-0.3, -0.25) is 9.59 Å². The lowest BCUT2D eigenvalue weighted by Gasteiger charge is -2.26. The van der Waals surface area contributed by atoms with Crippen LogP contribution in [0.5, 0.6) is 0 Å². The fraction of sp³-hybridized carbons (Fsp3) is 0.857. The molecule has 108 valence electrons. The van der Waals surface area contributed by atoms with Crippen LogP contribution in [0.4, 0.5) is 0 Å². The number of hydrogen-bond acceptors (Lipinski definition) is 3. The molecule has 5 heteroatoms. The minimum Gasteiger partial charge on any atom is -0.343 e. The van der Waals surface area contributed by atoms with Crippen LogP contribution in [-0.2, 0) is 9.59 Å². The predicted molar refractivity (Wildman–Crippen MR) is 73.7 cm³/mol. The zero-order valence-corrected chi connectivity index (χ0v) is 11.7. The van der Waals surface area contributed by atoms with E-state index in [0.717, 1.165) is 51.9 Å². The van der Waals surface area contributed by atoms with Gasteiger partial charge < -0.3 is 15.1 Å². The molecule has 0 saturated carbocycles. The lowest BCUT2D eigenvalue weighted by Crippen LogP contribution is -2.41. The molecule has 0 atom stereocenters. The molecule has 0 radical (unpaired) electrons. The number of likely N-dealkylation sites (tertiary alicyclic amines) is 2. The number of nitrogens with one attached hydrogen (secondary N) is 1. The van der Waals surface area contributed by atoms with Crippen LogP contribution >= 0.6 is 0 Å². The topological polar surface area (TPSA) is 52.7 Å². The van der Waals surface area contributed by atoms with Gasteiger partial charge in [-0.25, -0.2) is 0 Å². The number of piperidine rings is 1. The standard InChI is InChI=1S/C14H25N3O2/c18-13(16-10-4-5-11-16)6-7-15-12-14(19)17-8-2-1-3-9-17/h15H,1-12H2. The molecule has 2 fully saturated rings. The normalized spacial score (nSPS) is 19.8. The molecule has 0 aliphatic carbocycles. The summed E-state index contributed by atoms with van der Waals surface area (Å²) < 4.78 is 0. The first-order valence-corrected chi connectivity index (χ1v) is 7.53. The molecule has 5 nitrogen and oxygen atoms in total. The Bertz CT molecular complexity index is 308. The monoisotopic (exact) mass is 267 g/mol. The molecule has 2 aliphatic rings. The highest BCUT2D eigenvalue weighted by Gasteiger charge is 2.18. The summed E-state index contributed by atoms with van der Waals surface area (Å²) in [6, 6.07) is 0. The molecular weight excluding hydrogens is 242 g/mol. The zero-order chi connectivity index (χ0) is 13.5.